The van der Waals surface area contributed by atoms with E-state index in [0.29, 0.717) is 12.2 Å². The van der Waals surface area contributed by atoms with E-state index in [0.717, 1.165) is 42.5 Å². The SMILES string of the molecule is COc1cccc(N2CC[NH+](CC(=O)Nc3ccc4c(c3)OC(F)(F)O4)CC2)c1. The summed E-state index contributed by atoms with van der Waals surface area (Å²) in [7, 11) is 1.64. The lowest BCUT2D eigenvalue weighted by Crippen LogP contribution is -3.15. The van der Waals surface area contributed by atoms with Crippen molar-refractivity contribution in [2.45, 2.75) is 6.29 Å². The van der Waals surface area contributed by atoms with E-state index >= 15 is 0 Å². The first kappa shape index (κ1) is 19.3. The minimum atomic E-state index is -3.67. The van der Waals surface area contributed by atoms with Crippen LogP contribution in [0.15, 0.2) is 42.5 Å². The van der Waals surface area contributed by atoms with Crippen LogP contribution >= 0.6 is 0 Å². The van der Waals surface area contributed by atoms with Crippen molar-refractivity contribution in [1.82, 2.24) is 0 Å². The summed E-state index contributed by atoms with van der Waals surface area (Å²) in [5.41, 5.74) is 1.49. The van der Waals surface area contributed by atoms with Gasteiger partial charge in [0.2, 0.25) is 0 Å². The maximum Gasteiger partial charge on any atom is 0.586 e. The number of anilines is 2. The van der Waals surface area contributed by atoms with Gasteiger partial charge in [-0.25, -0.2) is 0 Å². The maximum absolute atomic E-state index is 13.1. The number of amides is 1. The van der Waals surface area contributed by atoms with Gasteiger partial charge in [0.15, 0.2) is 18.0 Å². The highest BCUT2D eigenvalue weighted by atomic mass is 19.3. The van der Waals surface area contributed by atoms with Gasteiger partial charge in [-0.15, -0.1) is 8.78 Å². The minimum Gasteiger partial charge on any atom is -0.497 e. The van der Waals surface area contributed by atoms with Gasteiger partial charge in [-0.1, -0.05) is 6.07 Å². The molecule has 1 amide bonds. The lowest BCUT2D eigenvalue weighted by atomic mass is 10.2. The maximum atomic E-state index is 13.1. The largest absolute Gasteiger partial charge is 0.586 e. The first-order chi connectivity index (χ1) is 13.9. The van der Waals surface area contributed by atoms with E-state index in [4.69, 9.17) is 4.74 Å². The standard InChI is InChI=1S/C20H21F2N3O4/c1-27-16-4-2-3-15(12-16)25-9-7-24(8-10-25)13-19(26)23-14-5-6-17-18(11-14)29-20(21,22)28-17/h2-6,11-12H,7-10,13H2,1H3,(H,23,26)/p+1. The van der Waals surface area contributed by atoms with Crippen LogP contribution in [0.1, 0.15) is 0 Å². The van der Waals surface area contributed by atoms with E-state index in [1.54, 1.807) is 7.11 Å². The Morgan fingerprint density at radius 1 is 1.17 bits per heavy atom. The van der Waals surface area contributed by atoms with Crippen molar-refractivity contribution in [1.29, 1.82) is 0 Å². The van der Waals surface area contributed by atoms with Crippen molar-refractivity contribution in [3.63, 3.8) is 0 Å². The number of nitrogens with zero attached hydrogens (tertiary/aromatic N) is 1. The van der Waals surface area contributed by atoms with Crippen LogP contribution in [0.2, 0.25) is 0 Å². The summed E-state index contributed by atoms with van der Waals surface area (Å²) in [4.78, 5) is 15.8. The predicted octanol–water partition coefficient (Wildman–Crippen LogP) is 1.36. The zero-order valence-corrected chi connectivity index (χ0v) is 15.9. The molecule has 0 spiro atoms. The highest BCUT2D eigenvalue weighted by Gasteiger charge is 2.43. The summed E-state index contributed by atoms with van der Waals surface area (Å²) >= 11 is 0. The number of alkyl halides is 2. The second kappa shape index (κ2) is 7.75. The topological polar surface area (TPSA) is 64.5 Å². The first-order valence-electron chi connectivity index (χ1n) is 9.34. The number of methoxy groups -OCH3 is 1. The number of carbonyl (C=O) groups is 1. The van der Waals surface area contributed by atoms with E-state index in [1.807, 2.05) is 24.3 Å². The Kier molecular flexibility index (Phi) is 5.14. The number of hydrogen-bond donors (Lipinski definition) is 2. The lowest BCUT2D eigenvalue weighted by Gasteiger charge is -2.33. The van der Waals surface area contributed by atoms with Gasteiger partial charge < -0.3 is 29.3 Å². The summed E-state index contributed by atoms with van der Waals surface area (Å²) in [5.74, 6) is 0.498. The average Bonchev–Trinajstić information content (AvgIpc) is 3.01. The highest BCUT2D eigenvalue weighted by molar-refractivity contribution is 5.91. The van der Waals surface area contributed by atoms with Crippen molar-refractivity contribution < 1.29 is 32.7 Å². The molecular formula is C20H22F2N3O4+. The Bertz CT molecular complexity index is 901. The molecule has 2 aromatic carbocycles. The number of rotatable bonds is 5. The molecule has 0 atom stereocenters. The van der Waals surface area contributed by atoms with Crippen LogP contribution < -0.4 is 29.3 Å². The van der Waals surface area contributed by atoms with Crippen molar-refractivity contribution >= 4 is 17.3 Å². The van der Waals surface area contributed by atoms with Gasteiger partial charge in [0, 0.05) is 23.5 Å². The lowest BCUT2D eigenvalue weighted by molar-refractivity contribution is -0.892. The van der Waals surface area contributed by atoms with E-state index in [-0.39, 0.29) is 17.4 Å². The predicted molar refractivity (Wildman–Crippen MR) is 102 cm³/mol. The van der Waals surface area contributed by atoms with E-state index < -0.39 is 6.29 Å². The van der Waals surface area contributed by atoms with Gasteiger partial charge in [-0.2, -0.15) is 0 Å². The van der Waals surface area contributed by atoms with Gasteiger partial charge in [-0.3, -0.25) is 4.79 Å². The third-order valence-corrected chi connectivity index (χ3v) is 4.98. The quantitative estimate of drug-likeness (QED) is 0.785. The summed E-state index contributed by atoms with van der Waals surface area (Å²) in [6.45, 7) is 3.59. The molecule has 0 bridgehead atoms. The zero-order chi connectivity index (χ0) is 20.4. The van der Waals surface area contributed by atoms with Crippen LogP contribution in [-0.2, 0) is 4.79 Å². The van der Waals surface area contributed by atoms with Crippen LogP contribution in [0.25, 0.3) is 0 Å². The number of piperazine rings is 1. The second-order valence-corrected chi connectivity index (χ2v) is 6.99. The second-order valence-electron chi connectivity index (χ2n) is 6.99. The monoisotopic (exact) mass is 406 g/mol. The molecule has 0 unspecified atom stereocenters. The number of fused-ring (bicyclic) bond motifs is 1. The molecule has 2 aliphatic rings. The minimum absolute atomic E-state index is 0.0488. The van der Waals surface area contributed by atoms with E-state index in [9.17, 15) is 13.6 Å². The Balaban J connectivity index is 1.28. The number of ether oxygens (including phenoxy) is 3. The molecule has 4 rings (SSSR count). The Morgan fingerprint density at radius 3 is 2.69 bits per heavy atom. The van der Waals surface area contributed by atoms with Crippen molar-refractivity contribution in [3.8, 4) is 17.2 Å². The number of carbonyl (C=O) groups excluding carboxylic acids is 1. The van der Waals surface area contributed by atoms with Crippen molar-refractivity contribution in [3.05, 3.63) is 42.5 Å². The third-order valence-electron chi connectivity index (χ3n) is 4.98. The molecule has 9 heteroatoms. The number of benzene rings is 2. The van der Waals surface area contributed by atoms with Crippen LogP contribution in [0, 0.1) is 0 Å². The average molecular weight is 406 g/mol. The van der Waals surface area contributed by atoms with Gasteiger partial charge in [0.25, 0.3) is 5.91 Å². The molecule has 2 aliphatic heterocycles. The summed E-state index contributed by atoms with van der Waals surface area (Å²) < 4.78 is 40.2. The molecule has 0 radical (unpaired) electrons. The normalized spacial score (nSPS) is 17.8. The molecule has 154 valence electrons. The smallest absolute Gasteiger partial charge is 0.497 e. The molecule has 29 heavy (non-hydrogen) atoms. The van der Waals surface area contributed by atoms with E-state index in [1.165, 1.54) is 18.2 Å². The zero-order valence-electron chi connectivity index (χ0n) is 15.9. The van der Waals surface area contributed by atoms with Crippen LogP contribution in [-0.4, -0.2) is 52.0 Å². The van der Waals surface area contributed by atoms with E-state index in [2.05, 4.69) is 19.7 Å². The molecule has 0 aliphatic carbocycles. The third kappa shape index (κ3) is 4.51. The molecule has 2 heterocycles. The summed E-state index contributed by atoms with van der Waals surface area (Å²) in [6, 6.07) is 12.1. The number of nitrogens with one attached hydrogen (secondary N) is 2. The molecule has 2 N–H and O–H groups in total. The fourth-order valence-corrected chi connectivity index (χ4v) is 3.52. The molecule has 1 fully saturated rings. The number of quaternary nitrogens is 1. The molecule has 7 nitrogen and oxygen atoms in total. The fourth-order valence-electron chi connectivity index (χ4n) is 3.52. The van der Waals surface area contributed by atoms with Crippen LogP contribution in [0.5, 0.6) is 17.2 Å². The van der Waals surface area contributed by atoms with Crippen LogP contribution in [0.3, 0.4) is 0 Å². The van der Waals surface area contributed by atoms with Gasteiger partial charge in [0.1, 0.15) is 5.75 Å². The van der Waals surface area contributed by atoms with Gasteiger partial charge in [0.05, 0.1) is 33.3 Å². The molecule has 1 saturated heterocycles. The highest BCUT2D eigenvalue weighted by Crippen LogP contribution is 2.42. The summed E-state index contributed by atoms with van der Waals surface area (Å²) in [6.07, 6.45) is -3.67. The Hall–Kier alpha value is -3.07. The number of hydrogen-bond acceptors (Lipinski definition) is 5. The molecular weight excluding hydrogens is 384 g/mol. The number of halogens is 2. The van der Waals surface area contributed by atoms with Gasteiger partial charge >= 0.3 is 6.29 Å². The molecule has 2 aromatic rings. The van der Waals surface area contributed by atoms with Crippen LogP contribution in [0.4, 0.5) is 20.2 Å². The van der Waals surface area contributed by atoms with Crippen molar-refractivity contribution in [2.24, 2.45) is 0 Å². The molecule has 0 aromatic heterocycles. The summed E-state index contributed by atoms with van der Waals surface area (Å²) in [5, 5.41) is 2.73. The Morgan fingerprint density at radius 2 is 1.93 bits per heavy atom. The van der Waals surface area contributed by atoms with Gasteiger partial charge in [-0.05, 0) is 24.3 Å². The van der Waals surface area contributed by atoms with Crippen molar-refractivity contribution in [2.75, 3.05) is 50.1 Å². The fraction of sp³-hybridized carbons (Fsp3) is 0.350. The molecule has 0 saturated carbocycles. The Labute approximate surface area is 166 Å². The first-order valence-corrected chi connectivity index (χ1v) is 9.34.